The summed E-state index contributed by atoms with van der Waals surface area (Å²) in [5.41, 5.74) is 1.65. The minimum atomic E-state index is -0.395. The molecule has 0 saturated carbocycles. The number of rotatable bonds is 6. The molecule has 0 saturated heterocycles. The van der Waals surface area contributed by atoms with Crippen LogP contribution >= 0.6 is 0 Å². The molecule has 0 fully saturated rings. The van der Waals surface area contributed by atoms with E-state index in [0.29, 0.717) is 28.6 Å². The number of benzene rings is 1. The molecule has 10 heteroatoms. The van der Waals surface area contributed by atoms with Crippen LogP contribution in [-0.2, 0) is 0 Å². The van der Waals surface area contributed by atoms with Gasteiger partial charge in [-0.05, 0) is 50.2 Å². The first kappa shape index (κ1) is 20.8. The average Bonchev–Trinajstić information content (AvgIpc) is 3.30. The van der Waals surface area contributed by atoms with Crippen LogP contribution < -0.4 is 10.6 Å². The maximum absolute atomic E-state index is 12.8. The Morgan fingerprint density at radius 3 is 2.62 bits per heavy atom. The zero-order valence-electron chi connectivity index (χ0n) is 17.4. The lowest BCUT2D eigenvalue weighted by Crippen LogP contribution is -2.16. The molecule has 4 rings (SSSR count). The Morgan fingerprint density at radius 2 is 1.84 bits per heavy atom. The Bertz CT molecular complexity index is 1250. The fourth-order valence-electron chi connectivity index (χ4n) is 2.98. The molecule has 3 aromatic heterocycles. The van der Waals surface area contributed by atoms with E-state index in [2.05, 4.69) is 35.8 Å². The van der Waals surface area contributed by atoms with Gasteiger partial charge in [0.05, 0.1) is 0 Å². The lowest BCUT2D eigenvalue weighted by Gasteiger charge is -2.11. The number of carbonyl (C=O) groups is 2. The summed E-state index contributed by atoms with van der Waals surface area (Å²) in [7, 11) is 0. The van der Waals surface area contributed by atoms with Crippen LogP contribution in [0.15, 0.2) is 67.4 Å². The summed E-state index contributed by atoms with van der Waals surface area (Å²) in [6.07, 6.45) is 4.42. The molecule has 10 nitrogen and oxygen atoms in total. The number of carbonyl (C=O) groups excluding carboxylic acids is 2. The van der Waals surface area contributed by atoms with Crippen LogP contribution in [0.4, 0.5) is 11.5 Å². The van der Waals surface area contributed by atoms with Crippen LogP contribution in [-0.4, -0.2) is 41.5 Å². The molecule has 2 N–H and O–H groups in total. The highest BCUT2D eigenvalue weighted by molar-refractivity contribution is 6.06. The molecule has 4 aromatic rings. The van der Waals surface area contributed by atoms with Gasteiger partial charge in [0.2, 0.25) is 0 Å². The topological polar surface area (TPSA) is 128 Å². The highest BCUT2D eigenvalue weighted by Crippen LogP contribution is 2.20. The normalized spacial score (nSPS) is 10.7. The van der Waals surface area contributed by atoms with Crippen molar-refractivity contribution in [1.29, 1.82) is 0 Å². The maximum Gasteiger partial charge on any atom is 0.274 e. The maximum atomic E-state index is 12.8. The van der Waals surface area contributed by atoms with Crippen molar-refractivity contribution < 1.29 is 9.59 Å². The third kappa shape index (κ3) is 4.64. The largest absolute Gasteiger partial charge is 0.321 e. The molecule has 0 radical (unpaired) electrons. The van der Waals surface area contributed by atoms with E-state index in [1.54, 1.807) is 42.7 Å². The second-order valence-electron chi connectivity index (χ2n) is 7.15. The monoisotopic (exact) mass is 428 g/mol. The van der Waals surface area contributed by atoms with Crippen LogP contribution in [0.2, 0.25) is 0 Å². The van der Waals surface area contributed by atoms with Gasteiger partial charge >= 0.3 is 0 Å². The summed E-state index contributed by atoms with van der Waals surface area (Å²) < 4.78 is 1.90. The number of nitrogens with zero attached hydrogens (tertiary/aromatic N) is 6. The van der Waals surface area contributed by atoms with Gasteiger partial charge in [0, 0.05) is 23.5 Å². The van der Waals surface area contributed by atoms with Gasteiger partial charge in [-0.1, -0.05) is 12.1 Å². The summed E-state index contributed by atoms with van der Waals surface area (Å²) in [6.45, 7) is 4.05. The standard InChI is InChI=1S/C22H20N8O2/c1-14(2)30-13-25-29-20(30)17-7-4-8-19(27-17)28-21(31)15-5-3-6-16(11-15)26-22(32)18-9-10-23-12-24-18/h3-14H,1-2H3,(H,26,32)(H,27,28,31). The number of nitrogens with one attached hydrogen (secondary N) is 2. The van der Waals surface area contributed by atoms with E-state index in [-0.39, 0.29) is 17.6 Å². The molecule has 0 aliphatic carbocycles. The van der Waals surface area contributed by atoms with Crippen LogP contribution in [0.3, 0.4) is 0 Å². The van der Waals surface area contributed by atoms with E-state index < -0.39 is 5.91 Å². The first-order chi connectivity index (χ1) is 15.5. The third-order valence-electron chi connectivity index (χ3n) is 4.55. The van der Waals surface area contributed by atoms with Crippen molar-refractivity contribution in [2.24, 2.45) is 0 Å². The molecular weight excluding hydrogens is 408 g/mol. The molecule has 0 atom stereocenters. The second-order valence-corrected chi connectivity index (χ2v) is 7.15. The second kappa shape index (κ2) is 9.13. The zero-order chi connectivity index (χ0) is 22.5. The van der Waals surface area contributed by atoms with Crippen molar-refractivity contribution in [1.82, 2.24) is 29.7 Å². The molecular formula is C22H20N8O2. The number of aromatic nitrogens is 6. The Labute approximate surface area is 183 Å². The van der Waals surface area contributed by atoms with E-state index in [0.717, 1.165) is 0 Å². The smallest absolute Gasteiger partial charge is 0.274 e. The predicted octanol–water partition coefficient (Wildman–Crippen LogP) is 3.22. The van der Waals surface area contributed by atoms with Gasteiger partial charge in [-0.3, -0.25) is 9.59 Å². The molecule has 0 aliphatic heterocycles. The lowest BCUT2D eigenvalue weighted by molar-refractivity contribution is 0.101. The van der Waals surface area contributed by atoms with Gasteiger partial charge in [-0.15, -0.1) is 10.2 Å². The minimum absolute atomic E-state index is 0.167. The average molecular weight is 428 g/mol. The van der Waals surface area contributed by atoms with Gasteiger partial charge in [0.25, 0.3) is 11.8 Å². The fourth-order valence-corrected chi connectivity index (χ4v) is 2.98. The van der Waals surface area contributed by atoms with Gasteiger partial charge < -0.3 is 15.2 Å². The highest BCUT2D eigenvalue weighted by Gasteiger charge is 2.14. The SMILES string of the molecule is CC(C)n1cnnc1-c1cccc(NC(=O)c2cccc(NC(=O)c3ccncn3)c2)n1. The van der Waals surface area contributed by atoms with Crippen molar-refractivity contribution in [3.63, 3.8) is 0 Å². The Hall–Kier alpha value is -4.47. The van der Waals surface area contributed by atoms with E-state index in [4.69, 9.17) is 0 Å². The summed E-state index contributed by atoms with van der Waals surface area (Å²) in [4.78, 5) is 37.3. The van der Waals surface area contributed by atoms with E-state index in [9.17, 15) is 9.59 Å². The van der Waals surface area contributed by atoms with Crippen molar-refractivity contribution in [2.45, 2.75) is 19.9 Å². The molecule has 32 heavy (non-hydrogen) atoms. The third-order valence-corrected chi connectivity index (χ3v) is 4.55. The fraction of sp³-hybridized carbons (Fsp3) is 0.136. The summed E-state index contributed by atoms with van der Waals surface area (Å²) in [6, 6.07) is 13.6. The Morgan fingerprint density at radius 1 is 1.00 bits per heavy atom. The Balaban J connectivity index is 1.49. The molecule has 1 aromatic carbocycles. The quantitative estimate of drug-likeness (QED) is 0.483. The summed E-state index contributed by atoms with van der Waals surface area (Å²) >= 11 is 0. The number of hydrogen-bond donors (Lipinski definition) is 2. The van der Waals surface area contributed by atoms with Gasteiger partial charge in [0.1, 0.15) is 29.9 Å². The van der Waals surface area contributed by atoms with E-state index in [1.807, 2.05) is 24.5 Å². The number of pyridine rings is 1. The van der Waals surface area contributed by atoms with Crippen LogP contribution in [0.5, 0.6) is 0 Å². The molecule has 160 valence electrons. The van der Waals surface area contributed by atoms with Crippen LogP contribution in [0.25, 0.3) is 11.5 Å². The molecule has 0 spiro atoms. The number of hydrogen-bond acceptors (Lipinski definition) is 7. The van der Waals surface area contributed by atoms with Crippen LogP contribution in [0, 0.1) is 0 Å². The molecule has 2 amide bonds. The number of anilines is 2. The van der Waals surface area contributed by atoms with Crippen molar-refractivity contribution in [2.75, 3.05) is 10.6 Å². The minimum Gasteiger partial charge on any atom is -0.321 e. The molecule has 0 bridgehead atoms. The first-order valence-corrected chi connectivity index (χ1v) is 9.87. The Kier molecular flexibility index (Phi) is 5.93. The van der Waals surface area contributed by atoms with Gasteiger partial charge in [-0.2, -0.15) is 0 Å². The first-order valence-electron chi connectivity index (χ1n) is 9.87. The summed E-state index contributed by atoms with van der Waals surface area (Å²) in [5, 5.41) is 13.6. The van der Waals surface area contributed by atoms with E-state index >= 15 is 0 Å². The molecule has 0 aliphatic rings. The molecule has 3 heterocycles. The molecule has 0 unspecified atom stereocenters. The van der Waals surface area contributed by atoms with Crippen LogP contribution in [0.1, 0.15) is 40.7 Å². The number of amides is 2. The highest BCUT2D eigenvalue weighted by atomic mass is 16.2. The van der Waals surface area contributed by atoms with Crippen molar-refractivity contribution >= 4 is 23.3 Å². The van der Waals surface area contributed by atoms with Crippen molar-refractivity contribution in [3.8, 4) is 11.5 Å². The van der Waals surface area contributed by atoms with Crippen molar-refractivity contribution in [3.05, 3.63) is 78.6 Å². The van der Waals surface area contributed by atoms with E-state index in [1.165, 1.54) is 18.6 Å². The van der Waals surface area contributed by atoms with Gasteiger partial charge in [0.15, 0.2) is 5.82 Å². The predicted molar refractivity (Wildman–Crippen MR) is 118 cm³/mol. The lowest BCUT2D eigenvalue weighted by atomic mass is 10.2. The summed E-state index contributed by atoms with van der Waals surface area (Å²) in [5.74, 6) is 0.235. The zero-order valence-corrected chi connectivity index (χ0v) is 17.4. The van der Waals surface area contributed by atoms with Gasteiger partial charge in [-0.25, -0.2) is 15.0 Å².